The Morgan fingerprint density at radius 3 is 2.41 bits per heavy atom. The zero-order valence-electron chi connectivity index (χ0n) is 23.2. The predicted molar refractivity (Wildman–Crippen MR) is 149 cm³/mol. The van der Waals surface area contributed by atoms with Gasteiger partial charge in [-0.05, 0) is 99.3 Å². The van der Waals surface area contributed by atoms with E-state index in [9.17, 15) is 23.1 Å². The van der Waals surface area contributed by atoms with E-state index in [4.69, 9.17) is 16.3 Å². The van der Waals surface area contributed by atoms with Crippen LogP contribution in [0.1, 0.15) is 76.5 Å². The quantitative estimate of drug-likeness (QED) is 0.374. The van der Waals surface area contributed by atoms with Gasteiger partial charge in [-0.25, -0.2) is 0 Å². The molecule has 0 aromatic heterocycles. The second-order valence-electron chi connectivity index (χ2n) is 11.5. The molecule has 8 heteroatoms. The third-order valence-corrected chi connectivity index (χ3v) is 9.00. The van der Waals surface area contributed by atoms with E-state index in [0.29, 0.717) is 32.1 Å². The summed E-state index contributed by atoms with van der Waals surface area (Å²) in [7, 11) is 1.67. The lowest BCUT2D eigenvalue weighted by Gasteiger charge is -2.45. The first-order chi connectivity index (χ1) is 18.2. The molecule has 2 aromatic carbocycles. The molecule has 1 N–H and O–H groups in total. The molecule has 0 bridgehead atoms. The highest BCUT2D eigenvalue weighted by Crippen LogP contribution is 2.57. The van der Waals surface area contributed by atoms with Gasteiger partial charge < -0.3 is 14.7 Å². The van der Waals surface area contributed by atoms with Crippen molar-refractivity contribution in [1.82, 2.24) is 0 Å². The van der Waals surface area contributed by atoms with Crippen LogP contribution in [-0.4, -0.2) is 36.9 Å². The van der Waals surface area contributed by atoms with Crippen LogP contribution >= 0.6 is 11.6 Å². The third-order valence-electron chi connectivity index (χ3n) is 8.76. The van der Waals surface area contributed by atoms with Gasteiger partial charge in [0.1, 0.15) is 0 Å². The van der Waals surface area contributed by atoms with Gasteiger partial charge in [0, 0.05) is 35.9 Å². The number of hydrogen-bond donors (Lipinski definition) is 1. The minimum Gasteiger partial charge on any atom is -0.396 e. The molecule has 1 fully saturated rings. The molecule has 4 nitrogen and oxygen atoms in total. The number of carbonyl (C=O) groups is 1. The molecule has 2 aliphatic rings. The van der Waals surface area contributed by atoms with Gasteiger partial charge in [-0.2, -0.15) is 13.2 Å². The van der Waals surface area contributed by atoms with Crippen molar-refractivity contribution in [1.29, 1.82) is 0 Å². The highest BCUT2D eigenvalue weighted by Gasteiger charge is 2.50. The summed E-state index contributed by atoms with van der Waals surface area (Å²) in [6.45, 7) is 8.18. The standard InChI is InChI=1S/C31H37ClF3NO3/c1-19(18-37)15-26-20(2)25-10-9-21(29(3,4)39-5)16-27(25)30(26)13-11-23(12-14-30)36(28(38)31(33,34)35)24-8-6-7-22(32)17-24/h6-10,16-17,19,23,37H,11-15,18H2,1-5H3/t19-,23?,30?/m1/s1. The molecule has 39 heavy (non-hydrogen) atoms. The number of amides is 1. The average molecular weight is 564 g/mol. The van der Waals surface area contributed by atoms with E-state index in [1.54, 1.807) is 19.2 Å². The number of allylic oxidation sites excluding steroid dienone is 2. The van der Waals surface area contributed by atoms with Crippen molar-refractivity contribution < 1.29 is 27.8 Å². The van der Waals surface area contributed by atoms with Gasteiger partial charge in [-0.3, -0.25) is 4.79 Å². The Morgan fingerprint density at radius 1 is 1.18 bits per heavy atom. The van der Waals surface area contributed by atoms with Crippen LogP contribution in [0.4, 0.5) is 18.9 Å². The van der Waals surface area contributed by atoms with E-state index in [2.05, 4.69) is 25.1 Å². The number of nitrogens with zero attached hydrogens (tertiary/aromatic N) is 1. The van der Waals surface area contributed by atoms with E-state index >= 15 is 0 Å². The molecule has 2 aromatic rings. The van der Waals surface area contributed by atoms with Crippen LogP contribution < -0.4 is 4.90 Å². The molecule has 212 valence electrons. The van der Waals surface area contributed by atoms with Crippen molar-refractivity contribution in [2.75, 3.05) is 18.6 Å². The van der Waals surface area contributed by atoms with Gasteiger partial charge in [0.2, 0.25) is 0 Å². The van der Waals surface area contributed by atoms with Crippen LogP contribution in [0.3, 0.4) is 0 Å². The van der Waals surface area contributed by atoms with Crippen LogP contribution in [0.15, 0.2) is 48.0 Å². The molecule has 1 amide bonds. The fourth-order valence-corrected chi connectivity index (χ4v) is 6.57. The molecule has 0 saturated heterocycles. The highest BCUT2D eigenvalue weighted by molar-refractivity contribution is 6.31. The van der Waals surface area contributed by atoms with Crippen LogP contribution in [0.5, 0.6) is 0 Å². The van der Waals surface area contributed by atoms with E-state index < -0.39 is 23.7 Å². The van der Waals surface area contributed by atoms with Gasteiger partial charge in [-0.1, -0.05) is 48.4 Å². The summed E-state index contributed by atoms with van der Waals surface area (Å²) in [4.78, 5) is 13.6. The van der Waals surface area contributed by atoms with E-state index in [0.717, 1.165) is 21.6 Å². The fraction of sp³-hybridized carbons (Fsp3) is 0.516. The maximum Gasteiger partial charge on any atom is 0.471 e. The molecular weight excluding hydrogens is 527 g/mol. The van der Waals surface area contributed by atoms with Crippen molar-refractivity contribution >= 4 is 28.8 Å². The summed E-state index contributed by atoms with van der Waals surface area (Å²) in [5.74, 6) is -1.83. The van der Waals surface area contributed by atoms with Crippen molar-refractivity contribution in [3.63, 3.8) is 0 Å². The summed E-state index contributed by atoms with van der Waals surface area (Å²) in [5.41, 5.74) is 5.01. The first-order valence-corrected chi connectivity index (χ1v) is 13.8. The lowest BCUT2D eigenvalue weighted by molar-refractivity contribution is -0.171. The highest BCUT2D eigenvalue weighted by atomic mass is 35.5. The number of anilines is 1. The Morgan fingerprint density at radius 2 is 1.85 bits per heavy atom. The number of aliphatic hydroxyl groups excluding tert-OH is 1. The lowest BCUT2D eigenvalue weighted by Crippen LogP contribution is -2.50. The Kier molecular flexibility index (Phi) is 8.28. The van der Waals surface area contributed by atoms with Crippen LogP contribution in [0.2, 0.25) is 5.02 Å². The lowest BCUT2D eigenvalue weighted by atomic mass is 9.64. The number of benzene rings is 2. The number of rotatable bonds is 7. The topological polar surface area (TPSA) is 49.8 Å². The van der Waals surface area contributed by atoms with Crippen molar-refractivity contribution in [2.45, 2.75) is 83.0 Å². The number of alkyl halides is 3. The van der Waals surface area contributed by atoms with Crippen LogP contribution in [0.25, 0.3) is 5.57 Å². The molecule has 0 radical (unpaired) electrons. The predicted octanol–water partition coefficient (Wildman–Crippen LogP) is 7.80. The second kappa shape index (κ2) is 10.9. The molecule has 0 heterocycles. The number of halogens is 4. The molecule has 1 saturated carbocycles. The summed E-state index contributed by atoms with van der Waals surface area (Å²) in [6.07, 6.45) is -2.32. The number of fused-ring (bicyclic) bond motifs is 2. The summed E-state index contributed by atoms with van der Waals surface area (Å²) in [5, 5.41) is 10.1. The molecule has 1 spiro atoms. The van der Waals surface area contributed by atoms with E-state index in [1.165, 1.54) is 23.3 Å². The number of aliphatic hydroxyl groups is 1. The first kappa shape index (κ1) is 29.6. The number of hydrogen-bond acceptors (Lipinski definition) is 3. The Labute approximate surface area is 233 Å². The molecule has 1 atom stereocenters. The van der Waals surface area contributed by atoms with Crippen LogP contribution in [0, 0.1) is 5.92 Å². The maximum atomic E-state index is 13.8. The monoisotopic (exact) mass is 563 g/mol. The minimum atomic E-state index is -5.00. The first-order valence-electron chi connectivity index (χ1n) is 13.4. The Bertz CT molecular complexity index is 1260. The third kappa shape index (κ3) is 5.50. The van der Waals surface area contributed by atoms with E-state index in [-0.39, 0.29) is 28.6 Å². The number of methoxy groups -OCH3 is 1. The van der Waals surface area contributed by atoms with Gasteiger partial charge in [0.15, 0.2) is 0 Å². The van der Waals surface area contributed by atoms with Crippen molar-refractivity contribution in [3.05, 3.63) is 69.8 Å². The molecule has 0 unspecified atom stereocenters. The molecule has 4 rings (SSSR count). The smallest absolute Gasteiger partial charge is 0.396 e. The average Bonchev–Trinajstić information content (AvgIpc) is 3.11. The largest absolute Gasteiger partial charge is 0.471 e. The fourth-order valence-electron chi connectivity index (χ4n) is 6.39. The zero-order valence-corrected chi connectivity index (χ0v) is 23.9. The number of ether oxygens (including phenoxy) is 1. The number of carbonyl (C=O) groups excluding carboxylic acids is 1. The van der Waals surface area contributed by atoms with Crippen molar-refractivity contribution in [3.8, 4) is 0 Å². The van der Waals surface area contributed by atoms with Crippen molar-refractivity contribution in [2.24, 2.45) is 5.92 Å². The van der Waals surface area contributed by atoms with Gasteiger partial charge in [-0.15, -0.1) is 0 Å². The van der Waals surface area contributed by atoms with Gasteiger partial charge >= 0.3 is 12.1 Å². The molecule has 0 aliphatic heterocycles. The summed E-state index contributed by atoms with van der Waals surface area (Å²) < 4.78 is 47.0. The molecule has 2 aliphatic carbocycles. The maximum absolute atomic E-state index is 13.8. The van der Waals surface area contributed by atoms with E-state index in [1.807, 2.05) is 20.8 Å². The zero-order chi connectivity index (χ0) is 28.8. The van der Waals surface area contributed by atoms with Gasteiger partial charge in [0.05, 0.1) is 5.60 Å². The SMILES string of the molecule is COC(C)(C)c1ccc2c(c1)C1(CCC(N(C(=O)C(F)(F)F)c3cccc(Cl)c3)CC1)C(C[C@@H](C)CO)=C2C. The Balaban J connectivity index is 1.76. The minimum absolute atomic E-state index is 0.0449. The summed E-state index contributed by atoms with van der Waals surface area (Å²) in [6, 6.07) is 11.8. The normalized spacial score (nSPS) is 22.3. The van der Waals surface area contributed by atoms with Crippen LogP contribution in [-0.2, 0) is 20.5 Å². The Hall–Kier alpha value is -2.35. The summed E-state index contributed by atoms with van der Waals surface area (Å²) >= 11 is 6.11. The molecular formula is C31H37ClF3NO3. The van der Waals surface area contributed by atoms with Gasteiger partial charge in [0.25, 0.3) is 0 Å². The second-order valence-corrected chi connectivity index (χ2v) is 12.0.